The Labute approximate surface area is 206 Å². The SMILES string of the molecule is COc1ccc(C)cc1NC(=O)CNC(=O)CSc1nnc(-c2ccco2)n1Cc1ccccc1. The number of benzene rings is 2. The van der Waals surface area contributed by atoms with Crippen molar-refractivity contribution in [3.63, 3.8) is 0 Å². The Morgan fingerprint density at radius 2 is 1.89 bits per heavy atom. The van der Waals surface area contributed by atoms with Crippen LogP contribution >= 0.6 is 11.8 Å². The van der Waals surface area contributed by atoms with E-state index < -0.39 is 0 Å². The van der Waals surface area contributed by atoms with Crippen LogP contribution in [0.15, 0.2) is 76.5 Å². The molecular weight excluding hydrogens is 466 g/mol. The minimum atomic E-state index is -0.348. The third-order valence-electron chi connectivity index (χ3n) is 5.05. The van der Waals surface area contributed by atoms with Gasteiger partial charge in [0.15, 0.2) is 10.9 Å². The van der Waals surface area contributed by atoms with Crippen LogP contribution in [0.2, 0.25) is 0 Å². The van der Waals surface area contributed by atoms with Crippen molar-refractivity contribution in [1.29, 1.82) is 0 Å². The van der Waals surface area contributed by atoms with Gasteiger partial charge in [-0.15, -0.1) is 10.2 Å². The molecule has 0 bridgehead atoms. The van der Waals surface area contributed by atoms with E-state index in [9.17, 15) is 9.59 Å². The third-order valence-corrected chi connectivity index (χ3v) is 6.02. The number of rotatable bonds is 10. The smallest absolute Gasteiger partial charge is 0.243 e. The van der Waals surface area contributed by atoms with Crippen LogP contribution in [0.1, 0.15) is 11.1 Å². The van der Waals surface area contributed by atoms with Gasteiger partial charge >= 0.3 is 0 Å². The molecule has 9 nitrogen and oxygen atoms in total. The lowest BCUT2D eigenvalue weighted by molar-refractivity contribution is -0.122. The molecule has 35 heavy (non-hydrogen) atoms. The standard InChI is InChI=1S/C25H25N5O4S/c1-17-10-11-20(33-2)19(13-17)27-22(31)14-26-23(32)16-35-25-29-28-24(21-9-6-12-34-21)30(25)15-18-7-4-3-5-8-18/h3-13H,14-16H2,1-2H3,(H,26,32)(H,27,31). The molecule has 0 spiro atoms. The maximum atomic E-state index is 12.4. The van der Waals surface area contributed by atoms with Crippen LogP contribution in [0.3, 0.4) is 0 Å². The van der Waals surface area contributed by atoms with E-state index in [1.54, 1.807) is 18.4 Å². The fourth-order valence-electron chi connectivity index (χ4n) is 3.37. The zero-order chi connectivity index (χ0) is 24.6. The average Bonchev–Trinajstić information content (AvgIpc) is 3.52. The molecule has 4 rings (SSSR count). The molecular formula is C25H25N5O4S. The minimum Gasteiger partial charge on any atom is -0.495 e. The maximum Gasteiger partial charge on any atom is 0.243 e. The lowest BCUT2D eigenvalue weighted by Crippen LogP contribution is -2.34. The number of thioether (sulfide) groups is 1. The molecule has 0 unspecified atom stereocenters. The summed E-state index contributed by atoms with van der Waals surface area (Å²) in [5.74, 6) is 1.15. The number of nitrogens with zero attached hydrogens (tertiary/aromatic N) is 3. The van der Waals surface area contributed by atoms with Crippen molar-refractivity contribution in [3.8, 4) is 17.3 Å². The average molecular weight is 492 g/mol. The van der Waals surface area contributed by atoms with Crippen LogP contribution in [0.4, 0.5) is 5.69 Å². The Morgan fingerprint density at radius 3 is 2.63 bits per heavy atom. The molecule has 0 radical (unpaired) electrons. The fourth-order valence-corrected chi connectivity index (χ4v) is 4.13. The molecule has 0 aliphatic rings. The molecule has 2 aromatic carbocycles. The normalized spacial score (nSPS) is 10.7. The Morgan fingerprint density at radius 1 is 1.06 bits per heavy atom. The summed E-state index contributed by atoms with van der Waals surface area (Å²) in [6.07, 6.45) is 1.58. The molecule has 0 atom stereocenters. The van der Waals surface area contributed by atoms with Crippen molar-refractivity contribution in [3.05, 3.63) is 78.1 Å². The van der Waals surface area contributed by atoms with E-state index in [4.69, 9.17) is 9.15 Å². The molecule has 2 aromatic heterocycles. The summed E-state index contributed by atoms with van der Waals surface area (Å²) < 4.78 is 12.7. The van der Waals surface area contributed by atoms with Crippen molar-refractivity contribution in [2.45, 2.75) is 18.6 Å². The van der Waals surface area contributed by atoms with Gasteiger partial charge in [-0.05, 0) is 42.3 Å². The Hall–Kier alpha value is -4.05. The van der Waals surface area contributed by atoms with Crippen molar-refractivity contribution in [2.75, 3.05) is 24.7 Å². The number of anilines is 1. The monoisotopic (exact) mass is 491 g/mol. The van der Waals surface area contributed by atoms with Gasteiger partial charge in [0, 0.05) is 0 Å². The van der Waals surface area contributed by atoms with Gasteiger partial charge in [0.1, 0.15) is 5.75 Å². The largest absolute Gasteiger partial charge is 0.495 e. The highest BCUT2D eigenvalue weighted by Gasteiger charge is 2.18. The molecule has 0 saturated heterocycles. The van der Waals surface area contributed by atoms with Crippen molar-refractivity contribution < 1.29 is 18.7 Å². The van der Waals surface area contributed by atoms with E-state index >= 15 is 0 Å². The van der Waals surface area contributed by atoms with Gasteiger partial charge in [-0.3, -0.25) is 14.2 Å². The first-order valence-corrected chi connectivity index (χ1v) is 11.9. The predicted octanol–water partition coefficient (Wildman–Crippen LogP) is 3.75. The number of furan rings is 1. The summed E-state index contributed by atoms with van der Waals surface area (Å²) in [6.45, 7) is 2.28. The number of hydrogen-bond acceptors (Lipinski definition) is 7. The minimum absolute atomic E-state index is 0.0755. The highest BCUT2D eigenvalue weighted by atomic mass is 32.2. The number of ether oxygens (including phenoxy) is 1. The molecule has 4 aromatic rings. The van der Waals surface area contributed by atoms with Gasteiger partial charge in [-0.2, -0.15) is 0 Å². The van der Waals surface area contributed by atoms with Gasteiger partial charge in [-0.1, -0.05) is 48.2 Å². The van der Waals surface area contributed by atoms with Crippen LogP contribution < -0.4 is 15.4 Å². The summed E-state index contributed by atoms with van der Waals surface area (Å²) in [6, 6.07) is 19.0. The Balaban J connectivity index is 1.36. The van der Waals surface area contributed by atoms with E-state index in [0.717, 1.165) is 11.1 Å². The summed E-state index contributed by atoms with van der Waals surface area (Å²) in [4.78, 5) is 24.8. The molecule has 2 heterocycles. The molecule has 0 aliphatic carbocycles. The number of methoxy groups -OCH3 is 1. The number of carbonyl (C=O) groups excluding carboxylic acids is 2. The first kappa shape index (κ1) is 24.1. The quantitative estimate of drug-likeness (QED) is 0.325. The van der Waals surface area contributed by atoms with Gasteiger partial charge in [0.25, 0.3) is 0 Å². The molecule has 180 valence electrons. The van der Waals surface area contributed by atoms with Crippen molar-refractivity contribution >= 4 is 29.3 Å². The van der Waals surface area contributed by atoms with E-state index in [1.165, 1.54) is 18.9 Å². The van der Waals surface area contributed by atoms with Crippen molar-refractivity contribution in [2.24, 2.45) is 0 Å². The van der Waals surface area contributed by atoms with Gasteiger partial charge in [0.05, 0.1) is 37.9 Å². The van der Waals surface area contributed by atoms with E-state index in [1.807, 2.05) is 60.0 Å². The molecule has 2 amide bonds. The highest BCUT2D eigenvalue weighted by Crippen LogP contribution is 2.26. The fraction of sp³-hybridized carbons (Fsp3) is 0.200. The van der Waals surface area contributed by atoms with Crippen LogP contribution in [0.5, 0.6) is 5.75 Å². The maximum absolute atomic E-state index is 12.4. The lowest BCUT2D eigenvalue weighted by Gasteiger charge is -2.12. The molecule has 0 fully saturated rings. The zero-order valence-electron chi connectivity index (χ0n) is 19.4. The first-order chi connectivity index (χ1) is 17.0. The molecule has 0 saturated carbocycles. The summed E-state index contributed by atoms with van der Waals surface area (Å²) in [7, 11) is 1.53. The first-order valence-electron chi connectivity index (χ1n) is 10.9. The predicted molar refractivity (Wildman–Crippen MR) is 133 cm³/mol. The summed E-state index contributed by atoms with van der Waals surface area (Å²) >= 11 is 1.24. The second-order valence-electron chi connectivity index (χ2n) is 7.67. The van der Waals surface area contributed by atoms with Crippen LogP contribution in [0, 0.1) is 6.92 Å². The second kappa shape index (κ2) is 11.4. The van der Waals surface area contributed by atoms with E-state index in [2.05, 4.69) is 20.8 Å². The van der Waals surface area contributed by atoms with Crippen LogP contribution in [-0.4, -0.2) is 46.0 Å². The number of carbonyl (C=O) groups is 2. The summed E-state index contributed by atoms with van der Waals surface area (Å²) in [5, 5.41) is 14.5. The lowest BCUT2D eigenvalue weighted by atomic mass is 10.2. The van der Waals surface area contributed by atoms with Gasteiger partial charge in [-0.25, -0.2) is 0 Å². The van der Waals surface area contributed by atoms with E-state index in [-0.39, 0.29) is 24.1 Å². The summed E-state index contributed by atoms with van der Waals surface area (Å²) in [5.41, 5.74) is 2.60. The number of aromatic nitrogens is 3. The highest BCUT2D eigenvalue weighted by molar-refractivity contribution is 7.99. The Bertz CT molecular complexity index is 1290. The van der Waals surface area contributed by atoms with E-state index in [0.29, 0.717) is 34.7 Å². The van der Waals surface area contributed by atoms with Gasteiger partial charge < -0.3 is 19.8 Å². The van der Waals surface area contributed by atoms with Gasteiger partial charge in [0.2, 0.25) is 17.6 Å². The topological polar surface area (TPSA) is 111 Å². The Kier molecular flexibility index (Phi) is 7.84. The van der Waals surface area contributed by atoms with Crippen LogP contribution in [0.25, 0.3) is 11.6 Å². The van der Waals surface area contributed by atoms with Crippen LogP contribution in [-0.2, 0) is 16.1 Å². The number of nitrogens with one attached hydrogen (secondary N) is 2. The zero-order valence-corrected chi connectivity index (χ0v) is 20.2. The number of hydrogen-bond donors (Lipinski definition) is 2. The number of aryl methyl sites for hydroxylation is 1. The second-order valence-corrected chi connectivity index (χ2v) is 8.62. The number of amides is 2. The van der Waals surface area contributed by atoms with Crippen molar-refractivity contribution in [1.82, 2.24) is 20.1 Å². The third kappa shape index (κ3) is 6.30. The molecule has 2 N–H and O–H groups in total. The molecule has 0 aliphatic heterocycles. The molecule has 10 heteroatoms.